The Morgan fingerprint density at radius 3 is 2.60 bits per heavy atom. The van der Waals surface area contributed by atoms with Crippen LogP contribution in [0.3, 0.4) is 0 Å². The van der Waals surface area contributed by atoms with Crippen LogP contribution in [0.25, 0.3) is 0 Å². The van der Waals surface area contributed by atoms with Crippen molar-refractivity contribution in [3.8, 4) is 0 Å². The Balaban J connectivity index is 2.39. The Kier molecular flexibility index (Phi) is 6.78. The monoisotopic (exact) mass is 272 g/mol. The molecule has 2 nitrogen and oxygen atoms in total. The molecular formula is C18H24O2. The van der Waals surface area contributed by atoms with Gasteiger partial charge in [0.2, 0.25) is 0 Å². The van der Waals surface area contributed by atoms with Crippen LogP contribution in [0.5, 0.6) is 0 Å². The van der Waals surface area contributed by atoms with Crippen molar-refractivity contribution in [3.63, 3.8) is 0 Å². The maximum absolute atomic E-state index is 11.8. The molecule has 0 aliphatic rings. The van der Waals surface area contributed by atoms with E-state index in [1.807, 2.05) is 31.2 Å². The van der Waals surface area contributed by atoms with Crippen LogP contribution in [0, 0.1) is 6.92 Å². The van der Waals surface area contributed by atoms with Gasteiger partial charge in [0.05, 0.1) is 5.56 Å². The first-order chi connectivity index (χ1) is 9.49. The van der Waals surface area contributed by atoms with Gasteiger partial charge in [-0.25, -0.2) is 4.79 Å². The summed E-state index contributed by atoms with van der Waals surface area (Å²) >= 11 is 0. The lowest BCUT2D eigenvalue weighted by atomic mass is 10.1. The van der Waals surface area contributed by atoms with Crippen LogP contribution in [0.15, 0.2) is 47.6 Å². The molecule has 108 valence electrons. The van der Waals surface area contributed by atoms with E-state index in [0.29, 0.717) is 12.2 Å². The van der Waals surface area contributed by atoms with E-state index in [-0.39, 0.29) is 5.97 Å². The van der Waals surface area contributed by atoms with Crippen molar-refractivity contribution in [2.24, 2.45) is 0 Å². The molecular weight excluding hydrogens is 248 g/mol. The summed E-state index contributed by atoms with van der Waals surface area (Å²) in [5.74, 6) is -0.262. The van der Waals surface area contributed by atoms with Crippen LogP contribution >= 0.6 is 0 Å². The van der Waals surface area contributed by atoms with Gasteiger partial charge in [0, 0.05) is 0 Å². The summed E-state index contributed by atoms with van der Waals surface area (Å²) in [5, 5.41) is 0. The fourth-order valence-electron chi connectivity index (χ4n) is 1.81. The summed E-state index contributed by atoms with van der Waals surface area (Å²) in [6, 6.07) is 7.45. The highest BCUT2D eigenvalue weighted by Gasteiger charge is 2.05. The zero-order valence-electron chi connectivity index (χ0n) is 12.9. The summed E-state index contributed by atoms with van der Waals surface area (Å²) < 4.78 is 5.25. The number of ether oxygens (including phenoxy) is 1. The zero-order valence-corrected chi connectivity index (χ0v) is 12.9. The third-order valence-corrected chi connectivity index (χ3v) is 2.99. The van der Waals surface area contributed by atoms with Gasteiger partial charge in [0.1, 0.15) is 6.61 Å². The second-order valence-corrected chi connectivity index (χ2v) is 5.34. The van der Waals surface area contributed by atoms with E-state index in [1.54, 1.807) is 6.07 Å². The van der Waals surface area contributed by atoms with Gasteiger partial charge in [-0.15, -0.1) is 0 Å². The molecule has 0 spiro atoms. The molecule has 0 unspecified atom stereocenters. The average Bonchev–Trinajstić information content (AvgIpc) is 2.38. The highest BCUT2D eigenvalue weighted by atomic mass is 16.5. The Morgan fingerprint density at radius 2 is 1.95 bits per heavy atom. The summed E-state index contributed by atoms with van der Waals surface area (Å²) in [4.78, 5) is 11.8. The Morgan fingerprint density at radius 1 is 1.20 bits per heavy atom. The highest BCUT2D eigenvalue weighted by Crippen LogP contribution is 2.08. The molecule has 0 aliphatic heterocycles. The Bertz CT molecular complexity index is 506. The Hall–Kier alpha value is -1.83. The van der Waals surface area contributed by atoms with Crippen LogP contribution in [0.1, 0.15) is 49.5 Å². The first-order valence-corrected chi connectivity index (χ1v) is 7.02. The second kappa shape index (κ2) is 8.36. The van der Waals surface area contributed by atoms with Gasteiger partial charge in [-0.3, -0.25) is 0 Å². The third-order valence-electron chi connectivity index (χ3n) is 2.99. The molecule has 0 amide bonds. The number of allylic oxidation sites excluding steroid dienone is 3. The fourth-order valence-corrected chi connectivity index (χ4v) is 1.81. The number of benzene rings is 1. The maximum atomic E-state index is 11.8. The van der Waals surface area contributed by atoms with Crippen molar-refractivity contribution >= 4 is 5.97 Å². The maximum Gasteiger partial charge on any atom is 0.338 e. The molecule has 0 N–H and O–H groups in total. The van der Waals surface area contributed by atoms with E-state index in [0.717, 1.165) is 18.4 Å². The number of esters is 1. The molecule has 2 heteroatoms. The number of carbonyl (C=O) groups is 1. The summed E-state index contributed by atoms with van der Waals surface area (Å²) in [7, 11) is 0. The Labute approximate surface area is 122 Å². The van der Waals surface area contributed by atoms with E-state index in [1.165, 1.54) is 11.1 Å². The molecule has 1 aromatic carbocycles. The molecule has 1 aromatic rings. The first kappa shape index (κ1) is 16.2. The van der Waals surface area contributed by atoms with E-state index in [4.69, 9.17) is 4.74 Å². The molecule has 0 heterocycles. The predicted molar refractivity (Wildman–Crippen MR) is 83.9 cm³/mol. The van der Waals surface area contributed by atoms with E-state index < -0.39 is 0 Å². The first-order valence-electron chi connectivity index (χ1n) is 7.02. The number of hydrogen-bond donors (Lipinski definition) is 0. The molecule has 1 rings (SSSR count). The lowest BCUT2D eigenvalue weighted by Gasteiger charge is -2.04. The predicted octanol–water partition coefficient (Wildman–Crippen LogP) is 4.84. The van der Waals surface area contributed by atoms with E-state index in [9.17, 15) is 4.79 Å². The fraction of sp³-hybridized carbons (Fsp3) is 0.389. The van der Waals surface area contributed by atoms with Crippen LogP contribution in [0.4, 0.5) is 0 Å². The summed E-state index contributed by atoms with van der Waals surface area (Å²) in [6.07, 6.45) is 6.24. The van der Waals surface area contributed by atoms with Crippen molar-refractivity contribution in [3.05, 3.63) is 58.7 Å². The molecule has 0 saturated heterocycles. The van der Waals surface area contributed by atoms with E-state index in [2.05, 4.69) is 26.8 Å². The minimum absolute atomic E-state index is 0.262. The number of hydrogen-bond acceptors (Lipinski definition) is 2. The highest BCUT2D eigenvalue weighted by molar-refractivity contribution is 5.89. The van der Waals surface area contributed by atoms with Crippen molar-refractivity contribution in [1.82, 2.24) is 0 Å². The lowest BCUT2D eigenvalue weighted by Crippen LogP contribution is -2.05. The standard InChI is InChI=1S/C18H24O2/c1-14(2)7-5-8-15(3)11-12-20-18(19)17-10-6-9-16(4)13-17/h6-7,9-11,13H,5,8,12H2,1-4H3/b15-11+. The van der Waals surface area contributed by atoms with Crippen LogP contribution < -0.4 is 0 Å². The number of carbonyl (C=O) groups excluding carboxylic acids is 1. The van der Waals surface area contributed by atoms with Crippen LogP contribution in [0.2, 0.25) is 0 Å². The molecule has 0 aromatic heterocycles. The molecule has 0 atom stereocenters. The van der Waals surface area contributed by atoms with Crippen LogP contribution in [-0.4, -0.2) is 12.6 Å². The molecule has 0 aliphatic carbocycles. The molecule has 0 radical (unpaired) electrons. The van der Waals surface area contributed by atoms with Crippen molar-refractivity contribution in [1.29, 1.82) is 0 Å². The van der Waals surface area contributed by atoms with Gasteiger partial charge in [0.25, 0.3) is 0 Å². The minimum atomic E-state index is -0.262. The van der Waals surface area contributed by atoms with Gasteiger partial charge in [-0.1, -0.05) is 34.9 Å². The number of rotatable bonds is 6. The smallest absolute Gasteiger partial charge is 0.338 e. The topological polar surface area (TPSA) is 26.3 Å². The number of aryl methyl sites for hydroxylation is 1. The van der Waals surface area contributed by atoms with Crippen LogP contribution in [-0.2, 0) is 4.74 Å². The molecule has 20 heavy (non-hydrogen) atoms. The molecule has 0 bridgehead atoms. The van der Waals surface area contributed by atoms with E-state index >= 15 is 0 Å². The van der Waals surface area contributed by atoms with Crippen molar-refractivity contribution in [2.75, 3.05) is 6.61 Å². The molecule has 0 fully saturated rings. The van der Waals surface area contributed by atoms with Crippen molar-refractivity contribution < 1.29 is 9.53 Å². The minimum Gasteiger partial charge on any atom is -0.458 e. The SMILES string of the molecule is CC(C)=CCC/C(C)=C/COC(=O)c1cccc(C)c1. The van der Waals surface area contributed by atoms with Crippen molar-refractivity contribution in [2.45, 2.75) is 40.5 Å². The third kappa shape index (κ3) is 6.37. The zero-order chi connectivity index (χ0) is 15.0. The van der Waals surface area contributed by atoms with Gasteiger partial charge in [-0.05, 0) is 58.7 Å². The van der Waals surface area contributed by atoms with Gasteiger partial charge >= 0.3 is 5.97 Å². The van der Waals surface area contributed by atoms with Gasteiger partial charge < -0.3 is 4.74 Å². The quantitative estimate of drug-likeness (QED) is 0.547. The van der Waals surface area contributed by atoms with Gasteiger partial charge in [0.15, 0.2) is 0 Å². The lowest BCUT2D eigenvalue weighted by molar-refractivity contribution is 0.0549. The normalized spacial score (nSPS) is 11.1. The summed E-state index contributed by atoms with van der Waals surface area (Å²) in [6.45, 7) is 8.57. The van der Waals surface area contributed by atoms with Gasteiger partial charge in [-0.2, -0.15) is 0 Å². The summed E-state index contributed by atoms with van der Waals surface area (Å²) in [5.41, 5.74) is 4.26. The average molecular weight is 272 g/mol. The largest absolute Gasteiger partial charge is 0.458 e. The second-order valence-electron chi connectivity index (χ2n) is 5.34. The molecule has 0 saturated carbocycles.